The van der Waals surface area contributed by atoms with Crippen LogP contribution >= 0.6 is 22.7 Å². The zero-order valence-corrected chi connectivity index (χ0v) is 31.4. The molecule has 2 aromatic heterocycles. The van der Waals surface area contributed by atoms with Crippen LogP contribution in [0.15, 0.2) is 200 Å². The monoisotopic (exact) mass is 735 g/mol. The van der Waals surface area contributed by atoms with Crippen molar-refractivity contribution in [1.29, 1.82) is 0 Å². The molecule has 0 saturated heterocycles. The van der Waals surface area contributed by atoms with E-state index in [1.54, 1.807) is 0 Å². The van der Waals surface area contributed by atoms with E-state index in [1.807, 2.05) is 22.7 Å². The van der Waals surface area contributed by atoms with Crippen molar-refractivity contribution in [2.24, 2.45) is 0 Å². The molecule has 0 unspecified atom stereocenters. The maximum Gasteiger partial charge on any atom is 0.0540 e. The molecule has 0 atom stereocenters. The van der Waals surface area contributed by atoms with Crippen molar-refractivity contribution in [2.75, 3.05) is 4.90 Å². The van der Waals surface area contributed by atoms with E-state index in [-0.39, 0.29) is 0 Å². The van der Waals surface area contributed by atoms with Crippen molar-refractivity contribution >= 4 is 90.9 Å². The van der Waals surface area contributed by atoms with E-state index in [2.05, 4.69) is 205 Å². The first kappa shape index (κ1) is 32.0. The highest BCUT2D eigenvalue weighted by Crippen LogP contribution is 2.47. The van der Waals surface area contributed by atoms with Gasteiger partial charge in [-0.25, -0.2) is 0 Å². The number of nitrogens with zero attached hydrogens (tertiary/aromatic N) is 1. The molecule has 1 nitrogen and oxygen atoms in total. The number of hydrogen-bond acceptors (Lipinski definition) is 3. The first-order valence-electron chi connectivity index (χ1n) is 18.7. The summed E-state index contributed by atoms with van der Waals surface area (Å²) in [7, 11) is 0. The van der Waals surface area contributed by atoms with Crippen molar-refractivity contribution in [3.63, 3.8) is 0 Å². The summed E-state index contributed by atoms with van der Waals surface area (Å²) in [6, 6.07) is 73.6. The van der Waals surface area contributed by atoms with Crippen LogP contribution in [0.1, 0.15) is 0 Å². The third-order valence-corrected chi connectivity index (χ3v) is 13.2. The zero-order valence-electron chi connectivity index (χ0n) is 29.8. The number of anilines is 3. The van der Waals surface area contributed by atoms with Crippen LogP contribution in [0.5, 0.6) is 0 Å². The van der Waals surface area contributed by atoms with Crippen LogP contribution in [-0.2, 0) is 0 Å². The SMILES string of the molecule is c1cc(-c2ccc3sc4ccccc4c3c2)cc(N(c2ccccc2-c2ccc3sc4ccccc4c3c2)c2ccccc2-c2cccc3ccccc23)c1. The van der Waals surface area contributed by atoms with Crippen LogP contribution in [0.3, 0.4) is 0 Å². The van der Waals surface area contributed by atoms with Crippen molar-refractivity contribution in [3.05, 3.63) is 200 Å². The molecule has 11 rings (SSSR count). The molecular formula is C52H33NS2. The number of hydrogen-bond donors (Lipinski definition) is 0. The van der Waals surface area contributed by atoms with Crippen molar-refractivity contribution in [3.8, 4) is 33.4 Å². The molecule has 0 aliphatic heterocycles. The Morgan fingerprint density at radius 2 is 0.782 bits per heavy atom. The predicted octanol–water partition coefficient (Wildman–Crippen LogP) is 16.0. The maximum atomic E-state index is 2.48. The summed E-state index contributed by atoms with van der Waals surface area (Å²) in [4.78, 5) is 2.48. The van der Waals surface area contributed by atoms with Gasteiger partial charge in [-0.05, 0) is 93.7 Å². The van der Waals surface area contributed by atoms with Crippen LogP contribution in [0.4, 0.5) is 17.1 Å². The molecule has 0 bridgehead atoms. The smallest absolute Gasteiger partial charge is 0.0540 e. The Balaban J connectivity index is 1.14. The van der Waals surface area contributed by atoms with Gasteiger partial charge in [0.15, 0.2) is 0 Å². The lowest BCUT2D eigenvalue weighted by Gasteiger charge is -2.30. The minimum atomic E-state index is 1.11. The van der Waals surface area contributed by atoms with Crippen LogP contribution < -0.4 is 4.90 Å². The number of thiophene rings is 2. The highest BCUT2D eigenvalue weighted by molar-refractivity contribution is 7.26. The van der Waals surface area contributed by atoms with Gasteiger partial charge in [0.25, 0.3) is 0 Å². The van der Waals surface area contributed by atoms with E-state index in [0.717, 1.165) is 17.1 Å². The standard InChI is InChI=1S/C52H33NS2/c1-2-17-39-34(13-1)14-12-22-41(39)42-19-4-8-24-48(42)53(38-16-11-15-35(31-38)36-27-29-51-45(32-36)43-20-5-9-25-49(43)54-51)47-23-7-3-18-40(47)37-28-30-52-46(33-37)44-21-6-10-26-50(44)55-52/h1-33H. The fraction of sp³-hybridized carbons (Fsp3) is 0. The van der Waals surface area contributed by atoms with Crippen molar-refractivity contribution in [1.82, 2.24) is 0 Å². The van der Waals surface area contributed by atoms with E-state index in [0.29, 0.717) is 0 Å². The minimum Gasteiger partial charge on any atom is -0.309 e. The molecule has 55 heavy (non-hydrogen) atoms. The number of benzene rings is 9. The van der Waals surface area contributed by atoms with Crippen LogP contribution in [0, 0.1) is 0 Å². The molecule has 9 aromatic carbocycles. The third kappa shape index (κ3) is 5.43. The topological polar surface area (TPSA) is 3.24 Å². The van der Waals surface area contributed by atoms with Gasteiger partial charge in [0.2, 0.25) is 0 Å². The molecule has 0 spiro atoms. The number of fused-ring (bicyclic) bond motifs is 7. The van der Waals surface area contributed by atoms with Gasteiger partial charge in [0, 0.05) is 57.2 Å². The first-order chi connectivity index (χ1) is 27.3. The van der Waals surface area contributed by atoms with E-state index < -0.39 is 0 Å². The average molecular weight is 736 g/mol. The van der Waals surface area contributed by atoms with Gasteiger partial charge in [-0.2, -0.15) is 0 Å². The Bertz CT molecular complexity index is 3230. The normalized spacial score (nSPS) is 11.6. The molecule has 0 aliphatic carbocycles. The van der Waals surface area contributed by atoms with Crippen LogP contribution in [0.2, 0.25) is 0 Å². The van der Waals surface area contributed by atoms with E-state index in [9.17, 15) is 0 Å². The molecule has 0 amide bonds. The molecule has 3 heteroatoms. The summed E-state index contributed by atoms with van der Waals surface area (Å²) in [5, 5.41) is 7.71. The Morgan fingerprint density at radius 1 is 0.291 bits per heavy atom. The van der Waals surface area contributed by atoms with Gasteiger partial charge in [-0.15, -0.1) is 22.7 Å². The predicted molar refractivity (Wildman–Crippen MR) is 241 cm³/mol. The molecular weight excluding hydrogens is 703 g/mol. The first-order valence-corrected chi connectivity index (χ1v) is 20.3. The van der Waals surface area contributed by atoms with Gasteiger partial charge in [-0.1, -0.05) is 140 Å². The van der Waals surface area contributed by atoms with Crippen molar-refractivity contribution in [2.45, 2.75) is 0 Å². The second-order valence-corrected chi connectivity index (χ2v) is 16.2. The summed E-state index contributed by atoms with van der Waals surface area (Å²) >= 11 is 3.72. The second kappa shape index (κ2) is 13.1. The molecule has 11 aromatic rings. The molecule has 2 heterocycles. The molecule has 0 saturated carbocycles. The summed E-state index contributed by atoms with van der Waals surface area (Å²) in [6.07, 6.45) is 0. The third-order valence-electron chi connectivity index (χ3n) is 10.9. The van der Waals surface area contributed by atoms with Crippen molar-refractivity contribution < 1.29 is 0 Å². The lowest BCUT2D eigenvalue weighted by Crippen LogP contribution is -2.12. The summed E-state index contributed by atoms with van der Waals surface area (Å²) < 4.78 is 5.27. The summed E-state index contributed by atoms with van der Waals surface area (Å²) in [6.45, 7) is 0. The zero-order chi connectivity index (χ0) is 36.3. The molecule has 0 fully saturated rings. The Kier molecular flexibility index (Phi) is 7.61. The molecule has 0 aliphatic rings. The van der Waals surface area contributed by atoms with Crippen LogP contribution in [0.25, 0.3) is 84.5 Å². The van der Waals surface area contributed by atoms with Crippen LogP contribution in [-0.4, -0.2) is 0 Å². The molecule has 0 N–H and O–H groups in total. The quantitative estimate of drug-likeness (QED) is 0.164. The highest BCUT2D eigenvalue weighted by Gasteiger charge is 2.22. The Morgan fingerprint density at radius 3 is 1.53 bits per heavy atom. The molecule has 0 radical (unpaired) electrons. The van der Waals surface area contributed by atoms with E-state index in [1.165, 1.54) is 84.5 Å². The molecule has 258 valence electrons. The van der Waals surface area contributed by atoms with Gasteiger partial charge < -0.3 is 4.90 Å². The van der Waals surface area contributed by atoms with E-state index in [4.69, 9.17) is 0 Å². The lowest BCUT2D eigenvalue weighted by molar-refractivity contribution is 1.28. The fourth-order valence-electron chi connectivity index (χ4n) is 8.30. The fourth-order valence-corrected chi connectivity index (χ4v) is 10.5. The number of rotatable bonds is 6. The number of para-hydroxylation sites is 2. The van der Waals surface area contributed by atoms with Gasteiger partial charge >= 0.3 is 0 Å². The highest BCUT2D eigenvalue weighted by atomic mass is 32.1. The summed E-state index contributed by atoms with van der Waals surface area (Å²) in [5.41, 5.74) is 10.5. The van der Waals surface area contributed by atoms with E-state index >= 15 is 0 Å². The Labute approximate surface area is 327 Å². The summed E-state index contributed by atoms with van der Waals surface area (Å²) in [5.74, 6) is 0. The van der Waals surface area contributed by atoms with Gasteiger partial charge in [0.1, 0.15) is 0 Å². The average Bonchev–Trinajstić information content (AvgIpc) is 3.82. The lowest BCUT2D eigenvalue weighted by atomic mass is 9.94. The Hall–Kier alpha value is -6.52. The maximum absolute atomic E-state index is 2.48. The van der Waals surface area contributed by atoms with Gasteiger partial charge in [-0.3, -0.25) is 0 Å². The van der Waals surface area contributed by atoms with Gasteiger partial charge in [0.05, 0.1) is 11.4 Å². The largest absolute Gasteiger partial charge is 0.309 e. The minimum absolute atomic E-state index is 1.11. The second-order valence-electron chi connectivity index (χ2n) is 14.1.